The van der Waals surface area contributed by atoms with Gasteiger partial charge in [-0.15, -0.1) is 0 Å². The Hall–Kier alpha value is -1.15. The monoisotopic (exact) mass is 431 g/mol. The van der Waals surface area contributed by atoms with Crippen molar-refractivity contribution in [1.82, 2.24) is 4.98 Å². The van der Waals surface area contributed by atoms with Crippen LogP contribution in [0.3, 0.4) is 0 Å². The summed E-state index contributed by atoms with van der Waals surface area (Å²) in [7, 11) is 1.70. The first-order valence-corrected chi connectivity index (χ1v) is 7.30. The third-order valence-corrected chi connectivity index (χ3v) is 4.09. The molecule has 0 spiro atoms. The van der Waals surface area contributed by atoms with Crippen molar-refractivity contribution in [2.24, 2.45) is 0 Å². The molecule has 2 rings (SSSR count). The number of amides is 1. The Morgan fingerprint density at radius 3 is 2.84 bits per heavy atom. The maximum absolute atomic E-state index is 12.5. The van der Waals surface area contributed by atoms with Crippen molar-refractivity contribution in [1.29, 1.82) is 0 Å². The predicted octanol–water partition coefficient (Wildman–Crippen LogP) is 3.31. The van der Waals surface area contributed by atoms with Crippen LogP contribution >= 0.6 is 38.5 Å². The van der Waals surface area contributed by atoms with Gasteiger partial charge in [-0.1, -0.05) is 15.9 Å². The number of pyridine rings is 1. The van der Waals surface area contributed by atoms with Gasteiger partial charge in [0.25, 0.3) is 5.91 Å². The van der Waals surface area contributed by atoms with Crippen molar-refractivity contribution >= 4 is 55.8 Å². The minimum Gasteiger partial charge on any atom is -0.396 e. The van der Waals surface area contributed by atoms with Crippen molar-refractivity contribution in [2.75, 3.05) is 17.7 Å². The lowest BCUT2D eigenvalue weighted by atomic mass is 10.2. The minimum absolute atomic E-state index is 0.108. The molecule has 1 heterocycles. The lowest BCUT2D eigenvalue weighted by Gasteiger charge is -2.19. The average molecular weight is 432 g/mol. The highest BCUT2D eigenvalue weighted by Gasteiger charge is 2.18. The second-order valence-electron chi connectivity index (χ2n) is 3.92. The SMILES string of the molecule is CN(C(=O)c1cc(Br)ccc1I)c1ccncc1N. The van der Waals surface area contributed by atoms with Crippen LogP contribution in [0, 0.1) is 3.57 Å². The van der Waals surface area contributed by atoms with Crippen LogP contribution in [-0.2, 0) is 0 Å². The molecule has 0 unspecified atom stereocenters. The Labute approximate surface area is 133 Å². The van der Waals surface area contributed by atoms with Gasteiger partial charge in [-0.2, -0.15) is 0 Å². The standard InChI is InChI=1S/C13H11BrIN3O/c1-18(12-4-5-17-7-11(12)16)13(19)9-6-8(14)2-3-10(9)15/h2-7H,16H2,1H3. The minimum atomic E-state index is -0.108. The number of carbonyl (C=O) groups is 1. The van der Waals surface area contributed by atoms with E-state index in [0.29, 0.717) is 16.9 Å². The number of benzene rings is 1. The van der Waals surface area contributed by atoms with E-state index in [1.807, 2.05) is 12.1 Å². The van der Waals surface area contributed by atoms with E-state index in [0.717, 1.165) is 8.04 Å². The van der Waals surface area contributed by atoms with Crippen LogP contribution in [0.2, 0.25) is 0 Å². The second kappa shape index (κ2) is 5.87. The fraction of sp³-hybridized carbons (Fsp3) is 0.0769. The average Bonchev–Trinajstić information content (AvgIpc) is 2.40. The van der Waals surface area contributed by atoms with Crippen molar-refractivity contribution in [3.63, 3.8) is 0 Å². The van der Waals surface area contributed by atoms with E-state index in [-0.39, 0.29) is 5.91 Å². The van der Waals surface area contributed by atoms with E-state index >= 15 is 0 Å². The molecular formula is C13H11BrIN3O. The highest BCUT2D eigenvalue weighted by molar-refractivity contribution is 14.1. The molecule has 0 saturated carbocycles. The van der Waals surface area contributed by atoms with Crippen LogP contribution in [0.25, 0.3) is 0 Å². The quantitative estimate of drug-likeness (QED) is 0.742. The van der Waals surface area contributed by atoms with Crippen LogP contribution in [0.1, 0.15) is 10.4 Å². The Morgan fingerprint density at radius 2 is 2.16 bits per heavy atom. The van der Waals surface area contributed by atoms with Gasteiger partial charge in [0, 0.05) is 21.3 Å². The lowest BCUT2D eigenvalue weighted by molar-refractivity contribution is 0.0992. The van der Waals surface area contributed by atoms with Gasteiger partial charge in [-0.05, 0) is 46.9 Å². The zero-order valence-corrected chi connectivity index (χ0v) is 13.8. The summed E-state index contributed by atoms with van der Waals surface area (Å²) in [5.41, 5.74) is 7.60. The molecule has 0 atom stereocenters. The number of halogens is 2. The van der Waals surface area contributed by atoms with Crippen LogP contribution in [0.15, 0.2) is 41.1 Å². The Balaban J connectivity index is 2.39. The Bertz CT molecular complexity index is 633. The summed E-state index contributed by atoms with van der Waals surface area (Å²) in [5.74, 6) is -0.108. The first-order valence-electron chi connectivity index (χ1n) is 5.43. The normalized spacial score (nSPS) is 10.3. The number of nitrogen functional groups attached to an aromatic ring is 1. The van der Waals surface area contributed by atoms with Gasteiger partial charge in [0.2, 0.25) is 0 Å². The first-order chi connectivity index (χ1) is 9.00. The molecule has 1 amide bonds. The number of hydrogen-bond donors (Lipinski definition) is 1. The molecule has 0 saturated heterocycles. The van der Waals surface area contributed by atoms with Crippen molar-refractivity contribution in [3.05, 3.63) is 50.3 Å². The topological polar surface area (TPSA) is 59.2 Å². The fourth-order valence-electron chi connectivity index (χ4n) is 1.66. The van der Waals surface area contributed by atoms with Crippen LogP contribution in [0.5, 0.6) is 0 Å². The van der Waals surface area contributed by atoms with Crippen LogP contribution in [-0.4, -0.2) is 17.9 Å². The molecule has 4 nitrogen and oxygen atoms in total. The van der Waals surface area contributed by atoms with E-state index in [4.69, 9.17) is 5.73 Å². The molecule has 6 heteroatoms. The van der Waals surface area contributed by atoms with Crippen molar-refractivity contribution in [3.8, 4) is 0 Å². The molecule has 19 heavy (non-hydrogen) atoms. The molecule has 0 aliphatic carbocycles. The number of hydrogen-bond acceptors (Lipinski definition) is 3. The van der Waals surface area contributed by atoms with Gasteiger partial charge in [-0.3, -0.25) is 9.78 Å². The van der Waals surface area contributed by atoms with Crippen LogP contribution in [0.4, 0.5) is 11.4 Å². The molecule has 2 N–H and O–H groups in total. The number of anilines is 2. The van der Waals surface area contributed by atoms with Gasteiger partial charge in [0.05, 0.1) is 23.1 Å². The van der Waals surface area contributed by atoms with Crippen molar-refractivity contribution < 1.29 is 4.79 Å². The maximum atomic E-state index is 12.5. The molecule has 0 fully saturated rings. The summed E-state index contributed by atoms with van der Waals surface area (Å²) >= 11 is 5.52. The summed E-state index contributed by atoms with van der Waals surface area (Å²) in [6, 6.07) is 7.32. The van der Waals surface area contributed by atoms with E-state index in [1.54, 1.807) is 25.4 Å². The molecule has 2 aromatic rings. The summed E-state index contributed by atoms with van der Waals surface area (Å²) < 4.78 is 1.76. The second-order valence-corrected chi connectivity index (χ2v) is 6.00. The van der Waals surface area contributed by atoms with E-state index in [9.17, 15) is 4.79 Å². The Kier molecular flexibility index (Phi) is 4.41. The third kappa shape index (κ3) is 3.06. The molecule has 0 aliphatic heterocycles. The lowest BCUT2D eigenvalue weighted by Crippen LogP contribution is -2.27. The zero-order valence-electron chi connectivity index (χ0n) is 10.1. The van der Waals surface area contributed by atoms with Gasteiger partial charge in [0.15, 0.2) is 0 Å². The molecule has 0 radical (unpaired) electrons. The summed E-state index contributed by atoms with van der Waals surface area (Å²) in [6.07, 6.45) is 3.15. The highest BCUT2D eigenvalue weighted by atomic mass is 127. The number of carbonyl (C=O) groups excluding carboxylic acids is 1. The first kappa shape index (κ1) is 14.3. The van der Waals surface area contributed by atoms with Gasteiger partial charge < -0.3 is 10.6 Å². The van der Waals surface area contributed by atoms with E-state index < -0.39 is 0 Å². The number of nitrogens with two attached hydrogens (primary N) is 1. The number of nitrogens with zero attached hydrogens (tertiary/aromatic N) is 2. The molecule has 1 aromatic heterocycles. The molecule has 0 bridgehead atoms. The van der Waals surface area contributed by atoms with Gasteiger partial charge >= 0.3 is 0 Å². The largest absolute Gasteiger partial charge is 0.396 e. The predicted molar refractivity (Wildman–Crippen MR) is 88.2 cm³/mol. The summed E-state index contributed by atoms with van der Waals surface area (Å²) in [5, 5.41) is 0. The molecular weight excluding hydrogens is 421 g/mol. The molecule has 98 valence electrons. The summed E-state index contributed by atoms with van der Waals surface area (Å²) in [6.45, 7) is 0. The van der Waals surface area contributed by atoms with E-state index in [1.165, 1.54) is 11.1 Å². The smallest absolute Gasteiger partial charge is 0.259 e. The number of aromatic nitrogens is 1. The molecule has 0 aliphatic rings. The Morgan fingerprint density at radius 1 is 1.42 bits per heavy atom. The maximum Gasteiger partial charge on any atom is 0.259 e. The van der Waals surface area contributed by atoms with Gasteiger partial charge in [-0.25, -0.2) is 0 Å². The highest BCUT2D eigenvalue weighted by Crippen LogP contribution is 2.25. The summed E-state index contributed by atoms with van der Waals surface area (Å²) in [4.78, 5) is 17.9. The third-order valence-electron chi connectivity index (χ3n) is 2.65. The van der Waals surface area contributed by atoms with Crippen molar-refractivity contribution in [2.45, 2.75) is 0 Å². The fourth-order valence-corrected chi connectivity index (χ4v) is 2.58. The van der Waals surface area contributed by atoms with Gasteiger partial charge in [0.1, 0.15) is 0 Å². The molecule has 1 aromatic carbocycles. The zero-order chi connectivity index (χ0) is 14.0. The van der Waals surface area contributed by atoms with E-state index in [2.05, 4.69) is 43.5 Å². The van der Waals surface area contributed by atoms with Crippen LogP contribution < -0.4 is 10.6 Å². The number of rotatable bonds is 2.